The number of fused-ring (bicyclic) bond motifs is 1. The molecule has 3 rings (SSSR count). The van der Waals surface area contributed by atoms with Crippen molar-refractivity contribution in [3.05, 3.63) is 23.8 Å². The number of nitrogens with zero attached hydrogens (tertiary/aromatic N) is 1. The number of para-hydroxylation sites is 1. The maximum absolute atomic E-state index is 6.12. The van der Waals surface area contributed by atoms with E-state index < -0.39 is 0 Å². The van der Waals surface area contributed by atoms with Crippen LogP contribution in [0, 0.1) is 0 Å². The first-order chi connectivity index (χ1) is 11.9. The fourth-order valence-corrected chi connectivity index (χ4v) is 3.07. The van der Waals surface area contributed by atoms with Crippen molar-refractivity contribution >= 4 is 5.96 Å². The Morgan fingerprint density at radius 2 is 2.33 bits per heavy atom. The lowest BCUT2D eigenvalue weighted by Crippen LogP contribution is -2.42. The SMILES string of the molecule is COc1cccc2c1OC(CNCCCNC1=NCCCN1)CC2. The molecule has 1 aromatic carbocycles. The second kappa shape index (κ2) is 8.78. The van der Waals surface area contributed by atoms with Crippen molar-refractivity contribution in [3.8, 4) is 11.5 Å². The molecule has 0 spiro atoms. The monoisotopic (exact) mass is 332 g/mol. The van der Waals surface area contributed by atoms with E-state index >= 15 is 0 Å². The summed E-state index contributed by atoms with van der Waals surface area (Å²) >= 11 is 0. The molecule has 132 valence electrons. The molecule has 2 aliphatic heterocycles. The van der Waals surface area contributed by atoms with Gasteiger partial charge in [0, 0.05) is 26.2 Å². The van der Waals surface area contributed by atoms with Crippen molar-refractivity contribution < 1.29 is 9.47 Å². The Labute approximate surface area is 144 Å². The number of guanidine groups is 1. The highest BCUT2D eigenvalue weighted by Crippen LogP contribution is 2.36. The van der Waals surface area contributed by atoms with Gasteiger partial charge in [-0.05, 0) is 43.9 Å². The van der Waals surface area contributed by atoms with Crippen molar-refractivity contribution in [1.82, 2.24) is 16.0 Å². The number of benzene rings is 1. The third kappa shape index (κ3) is 4.54. The third-order valence-electron chi connectivity index (χ3n) is 4.39. The molecule has 0 saturated heterocycles. The maximum atomic E-state index is 6.12. The van der Waals surface area contributed by atoms with Crippen molar-refractivity contribution in [2.24, 2.45) is 4.99 Å². The van der Waals surface area contributed by atoms with Gasteiger partial charge in [-0.3, -0.25) is 4.99 Å². The number of aryl methyl sites for hydroxylation is 1. The van der Waals surface area contributed by atoms with Crippen LogP contribution in [0.5, 0.6) is 11.5 Å². The summed E-state index contributed by atoms with van der Waals surface area (Å²) in [4.78, 5) is 4.40. The molecule has 0 fully saturated rings. The minimum atomic E-state index is 0.214. The predicted molar refractivity (Wildman–Crippen MR) is 96.1 cm³/mol. The number of ether oxygens (including phenoxy) is 2. The average Bonchev–Trinajstić information content (AvgIpc) is 2.64. The molecular formula is C18H28N4O2. The largest absolute Gasteiger partial charge is 0.493 e. The van der Waals surface area contributed by atoms with Gasteiger partial charge in [0.1, 0.15) is 6.10 Å². The highest BCUT2D eigenvalue weighted by molar-refractivity contribution is 5.80. The van der Waals surface area contributed by atoms with E-state index in [0.29, 0.717) is 0 Å². The number of hydrogen-bond donors (Lipinski definition) is 3. The Balaban J connectivity index is 1.33. The van der Waals surface area contributed by atoms with Crippen LogP contribution in [0.25, 0.3) is 0 Å². The lowest BCUT2D eigenvalue weighted by Gasteiger charge is -2.27. The summed E-state index contributed by atoms with van der Waals surface area (Å²) in [5.74, 6) is 2.70. The number of nitrogens with one attached hydrogen (secondary N) is 3. The highest BCUT2D eigenvalue weighted by Gasteiger charge is 2.22. The van der Waals surface area contributed by atoms with Crippen molar-refractivity contribution in [2.45, 2.75) is 31.8 Å². The van der Waals surface area contributed by atoms with Gasteiger partial charge in [-0.25, -0.2) is 0 Å². The van der Waals surface area contributed by atoms with Gasteiger partial charge in [0.25, 0.3) is 0 Å². The van der Waals surface area contributed by atoms with Gasteiger partial charge in [-0.2, -0.15) is 0 Å². The van der Waals surface area contributed by atoms with Crippen LogP contribution in [-0.4, -0.2) is 51.9 Å². The van der Waals surface area contributed by atoms with Gasteiger partial charge >= 0.3 is 0 Å². The van der Waals surface area contributed by atoms with E-state index in [9.17, 15) is 0 Å². The van der Waals surface area contributed by atoms with Crippen molar-refractivity contribution in [3.63, 3.8) is 0 Å². The van der Waals surface area contributed by atoms with Crippen LogP contribution in [-0.2, 0) is 6.42 Å². The van der Waals surface area contributed by atoms with Crippen LogP contribution in [0.1, 0.15) is 24.8 Å². The molecule has 6 nitrogen and oxygen atoms in total. The van der Waals surface area contributed by atoms with E-state index in [1.165, 1.54) is 5.56 Å². The summed E-state index contributed by atoms with van der Waals surface area (Å²) in [5.41, 5.74) is 1.25. The standard InChI is InChI=1S/C18H28N4O2/c1-23-16-6-2-5-14-7-8-15(24-17(14)16)13-19-9-3-10-20-18-21-11-4-12-22-18/h2,5-6,15,19H,3-4,7-13H2,1H3,(H2,20,21,22). The second-order valence-electron chi connectivity index (χ2n) is 6.22. The van der Waals surface area contributed by atoms with Crippen molar-refractivity contribution in [2.75, 3.05) is 39.8 Å². The number of methoxy groups -OCH3 is 1. The molecule has 0 aliphatic carbocycles. The van der Waals surface area contributed by atoms with E-state index in [4.69, 9.17) is 9.47 Å². The van der Waals surface area contributed by atoms with Crippen LogP contribution < -0.4 is 25.4 Å². The molecule has 3 N–H and O–H groups in total. The zero-order valence-electron chi connectivity index (χ0n) is 14.4. The van der Waals surface area contributed by atoms with Crippen LogP contribution >= 0.6 is 0 Å². The summed E-state index contributed by atoms with van der Waals surface area (Å²) in [6, 6.07) is 6.11. The third-order valence-corrected chi connectivity index (χ3v) is 4.39. The molecule has 0 aromatic heterocycles. The molecule has 6 heteroatoms. The Bertz CT molecular complexity index is 548. The Morgan fingerprint density at radius 3 is 3.17 bits per heavy atom. The van der Waals surface area contributed by atoms with E-state index in [0.717, 1.165) is 75.9 Å². The first-order valence-corrected chi connectivity index (χ1v) is 8.92. The zero-order valence-corrected chi connectivity index (χ0v) is 14.4. The quantitative estimate of drug-likeness (QED) is 0.657. The molecule has 1 atom stereocenters. The molecule has 0 saturated carbocycles. The molecule has 1 aromatic rings. The van der Waals surface area contributed by atoms with Crippen molar-refractivity contribution in [1.29, 1.82) is 0 Å². The first kappa shape index (κ1) is 16.9. The molecule has 24 heavy (non-hydrogen) atoms. The highest BCUT2D eigenvalue weighted by atomic mass is 16.5. The van der Waals surface area contributed by atoms with Gasteiger partial charge in [-0.15, -0.1) is 0 Å². The molecular weight excluding hydrogens is 304 g/mol. The molecule has 0 bridgehead atoms. The van der Waals surface area contributed by atoms with E-state index in [2.05, 4.69) is 27.0 Å². The number of hydrogen-bond acceptors (Lipinski definition) is 6. The van der Waals surface area contributed by atoms with E-state index in [1.54, 1.807) is 7.11 Å². The van der Waals surface area contributed by atoms with Gasteiger partial charge in [0.15, 0.2) is 17.5 Å². The smallest absolute Gasteiger partial charge is 0.191 e. The fraction of sp³-hybridized carbons (Fsp3) is 0.611. The minimum Gasteiger partial charge on any atom is -0.493 e. The average molecular weight is 332 g/mol. The summed E-state index contributed by atoms with van der Waals surface area (Å²) in [6.45, 7) is 4.72. The Kier molecular flexibility index (Phi) is 6.18. The topological polar surface area (TPSA) is 66.9 Å². The Hall–Kier alpha value is -1.95. The van der Waals surface area contributed by atoms with Gasteiger partial charge in [-0.1, -0.05) is 12.1 Å². The summed E-state index contributed by atoms with van der Waals surface area (Å²) in [5, 5.41) is 10.1. The molecule has 2 heterocycles. The zero-order chi connectivity index (χ0) is 16.6. The van der Waals surface area contributed by atoms with Crippen LogP contribution in [0.15, 0.2) is 23.2 Å². The molecule has 2 aliphatic rings. The van der Waals surface area contributed by atoms with Gasteiger partial charge in [0.05, 0.1) is 7.11 Å². The normalized spacial score (nSPS) is 19.5. The summed E-state index contributed by atoms with van der Waals surface area (Å²) in [7, 11) is 1.69. The first-order valence-electron chi connectivity index (χ1n) is 8.92. The van der Waals surface area contributed by atoms with Crippen LogP contribution in [0.2, 0.25) is 0 Å². The van der Waals surface area contributed by atoms with Gasteiger partial charge in [0.2, 0.25) is 0 Å². The predicted octanol–water partition coefficient (Wildman–Crippen LogP) is 1.31. The molecule has 0 amide bonds. The lowest BCUT2D eigenvalue weighted by molar-refractivity contribution is 0.163. The Morgan fingerprint density at radius 1 is 1.38 bits per heavy atom. The number of rotatable bonds is 7. The fourth-order valence-electron chi connectivity index (χ4n) is 3.07. The summed E-state index contributed by atoms with van der Waals surface area (Å²) in [6.07, 6.45) is 4.50. The van der Waals surface area contributed by atoms with Crippen LogP contribution in [0.4, 0.5) is 0 Å². The lowest BCUT2D eigenvalue weighted by atomic mass is 10.0. The maximum Gasteiger partial charge on any atom is 0.191 e. The second-order valence-corrected chi connectivity index (χ2v) is 6.22. The van der Waals surface area contributed by atoms with Gasteiger partial charge < -0.3 is 25.4 Å². The number of aliphatic imine (C=N–C) groups is 1. The summed E-state index contributed by atoms with van der Waals surface area (Å²) < 4.78 is 11.5. The molecule has 1 unspecified atom stereocenters. The van der Waals surface area contributed by atoms with E-state index in [1.807, 2.05) is 12.1 Å². The minimum absolute atomic E-state index is 0.214. The van der Waals surface area contributed by atoms with E-state index in [-0.39, 0.29) is 6.10 Å². The van der Waals surface area contributed by atoms with Crippen LogP contribution in [0.3, 0.4) is 0 Å². The molecule has 0 radical (unpaired) electrons.